The third-order valence-corrected chi connectivity index (χ3v) is 3.55. The fourth-order valence-electron chi connectivity index (χ4n) is 1.45. The Labute approximate surface area is 103 Å². The Kier molecular flexibility index (Phi) is 5.44. The van der Waals surface area contributed by atoms with Gasteiger partial charge in [0, 0.05) is 12.2 Å². The molecule has 0 radical (unpaired) electrons. The number of sulfonamides is 1. The number of aryl methyl sites for hydroxylation is 1. The smallest absolute Gasteiger partial charge is 0.233 e. The summed E-state index contributed by atoms with van der Waals surface area (Å²) in [5.74, 6) is 0.0982. The van der Waals surface area contributed by atoms with Gasteiger partial charge >= 0.3 is 0 Å². The maximum absolute atomic E-state index is 11.7. The van der Waals surface area contributed by atoms with Gasteiger partial charge in [-0.1, -0.05) is 19.1 Å². The van der Waals surface area contributed by atoms with E-state index in [-0.39, 0.29) is 5.75 Å². The Morgan fingerprint density at radius 3 is 2.65 bits per heavy atom. The molecule has 0 aliphatic rings. The maximum atomic E-state index is 11.7. The molecule has 0 saturated carbocycles. The third kappa shape index (κ3) is 5.70. The lowest BCUT2D eigenvalue weighted by atomic mass is 10.2. The molecule has 0 atom stereocenters. The van der Waals surface area contributed by atoms with Crippen molar-refractivity contribution in [1.29, 1.82) is 0 Å². The molecular formula is C12H20N2O2S. The summed E-state index contributed by atoms with van der Waals surface area (Å²) in [4.78, 5) is 0. The largest absolute Gasteiger partial charge is 0.316 e. The van der Waals surface area contributed by atoms with Gasteiger partial charge in [0.2, 0.25) is 10.0 Å². The Bertz CT molecular complexity index is 444. The van der Waals surface area contributed by atoms with Crippen LogP contribution in [0.3, 0.4) is 0 Å². The molecule has 1 aromatic rings. The van der Waals surface area contributed by atoms with E-state index in [1.54, 1.807) is 6.07 Å². The van der Waals surface area contributed by atoms with Gasteiger partial charge in [-0.15, -0.1) is 0 Å². The Balaban J connectivity index is 2.49. The first kappa shape index (κ1) is 14.0. The number of benzene rings is 1. The van der Waals surface area contributed by atoms with E-state index in [1.807, 2.05) is 32.0 Å². The second kappa shape index (κ2) is 6.61. The van der Waals surface area contributed by atoms with Crippen LogP contribution in [0.4, 0.5) is 5.69 Å². The molecule has 0 unspecified atom stereocenters. The lowest BCUT2D eigenvalue weighted by Crippen LogP contribution is -2.27. The summed E-state index contributed by atoms with van der Waals surface area (Å²) < 4.78 is 26.0. The van der Waals surface area contributed by atoms with E-state index in [4.69, 9.17) is 0 Å². The zero-order valence-corrected chi connectivity index (χ0v) is 11.2. The predicted molar refractivity (Wildman–Crippen MR) is 71.7 cm³/mol. The molecule has 4 nitrogen and oxygen atoms in total. The summed E-state index contributed by atoms with van der Waals surface area (Å²) in [5, 5.41) is 3.07. The first-order valence-corrected chi connectivity index (χ1v) is 7.46. The van der Waals surface area contributed by atoms with Crippen molar-refractivity contribution in [2.45, 2.75) is 20.3 Å². The Hall–Kier alpha value is -1.07. The highest BCUT2D eigenvalue weighted by atomic mass is 32.2. The van der Waals surface area contributed by atoms with Crippen molar-refractivity contribution in [1.82, 2.24) is 5.32 Å². The van der Waals surface area contributed by atoms with E-state index in [2.05, 4.69) is 10.0 Å². The summed E-state index contributed by atoms with van der Waals surface area (Å²) in [5.41, 5.74) is 1.66. The molecule has 0 aliphatic carbocycles. The van der Waals surface area contributed by atoms with Crippen molar-refractivity contribution < 1.29 is 8.42 Å². The van der Waals surface area contributed by atoms with Crippen LogP contribution in [-0.4, -0.2) is 27.3 Å². The molecule has 0 spiro atoms. The van der Waals surface area contributed by atoms with Gasteiger partial charge in [-0.2, -0.15) is 0 Å². The Morgan fingerprint density at radius 2 is 2.00 bits per heavy atom. The van der Waals surface area contributed by atoms with Gasteiger partial charge < -0.3 is 5.32 Å². The topological polar surface area (TPSA) is 58.2 Å². The first-order chi connectivity index (χ1) is 8.03. The second-order valence-corrected chi connectivity index (χ2v) is 5.88. The quantitative estimate of drug-likeness (QED) is 0.731. The monoisotopic (exact) mass is 256 g/mol. The molecule has 17 heavy (non-hydrogen) atoms. The van der Waals surface area contributed by atoms with E-state index >= 15 is 0 Å². The van der Waals surface area contributed by atoms with E-state index in [0.29, 0.717) is 12.2 Å². The molecule has 96 valence electrons. The molecule has 2 N–H and O–H groups in total. The van der Waals surface area contributed by atoms with Gasteiger partial charge in [0.25, 0.3) is 0 Å². The van der Waals surface area contributed by atoms with E-state index in [9.17, 15) is 8.42 Å². The summed E-state index contributed by atoms with van der Waals surface area (Å²) in [6, 6.07) is 7.34. The van der Waals surface area contributed by atoms with Crippen molar-refractivity contribution in [3.63, 3.8) is 0 Å². The zero-order valence-electron chi connectivity index (χ0n) is 10.4. The number of nitrogens with one attached hydrogen (secondary N) is 2. The first-order valence-electron chi connectivity index (χ1n) is 5.81. The highest BCUT2D eigenvalue weighted by Crippen LogP contribution is 2.11. The summed E-state index contributed by atoms with van der Waals surface area (Å²) in [6.45, 7) is 5.31. The molecular weight excluding hydrogens is 236 g/mol. The molecule has 0 amide bonds. The van der Waals surface area contributed by atoms with Gasteiger partial charge in [-0.3, -0.25) is 4.72 Å². The number of anilines is 1. The fraction of sp³-hybridized carbons (Fsp3) is 0.500. The van der Waals surface area contributed by atoms with Gasteiger partial charge in [0.15, 0.2) is 0 Å². The van der Waals surface area contributed by atoms with Gasteiger partial charge in [0.1, 0.15) is 0 Å². The van der Waals surface area contributed by atoms with Crippen LogP contribution in [0.1, 0.15) is 18.9 Å². The van der Waals surface area contributed by atoms with Crippen LogP contribution in [0.25, 0.3) is 0 Å². The SMILES string of the molecule is CCCNCCS(=O)(=O)Nc1cccc(C)c1. The minimum Gasteiger partial charge on any atom is -0.316 e. The third-order valence-electron chi connectivity index (χ3n) is 2.27. The van der Waals surface area contributed by atoms with Crippen LogP contribution >= 0.6 is 0 Å². The highest BCUT2D eigenvalue weighted by Gasteiger charge is 2.09. The Morgan fingerprint density at radius 1 is 1.24 bits per heavy atom. The number of hydrogen-bond donors (Lipinski definition) is 2. The maximum Gasteiger partial charge on any atom is 0.233 e. The summed E-state index contributed by atoms with van der Waals surface area (Å²) >= 11 is 0. The molecule has 5 heteroatoms. The molecule has 1 rings (SSSR count). The van der Waals surface area contributed by atoms with Gasteiger partial charge in [0.05, 0.1) is 5.75 Å². The standard InChI is InChI=1S/C12H20N2O2S/c1-3-7-13-8-9-17(15,16)14-12-6-4-5-11(2)10-12/h4-6,10,13-14H,3,7-9H2,1-2H3. The van der Waals surface area contributed by atoms with Crippen LogP contribution in [-0.2, 0) is 10.0 Å². The van der Waals surface area contributed by atoms with Crippen molar-refractivity contribution >= 4 is 15.7 Å². The molecule has 0 fully saturated rings. The molecule has 0 heterocycles. The van der Waals surface area contributed by atoms with Crippen LogP contribution in [0.2, 0.25) is 0 Å². The molecule has 0 bridgehead atoms. The van der Waals surface area contributed by atoms with Crippen LogP contribution in [0.15, 0.2) is 24.3 Å². The van der Waals surface area contributed by atoms with Crippen molar-refractivity contribution in [2.75, 3.05) is 23.6 Å². The zero-order chi connectivity index (χ0) is 12.7. The average molecular weight is 256 g/mol. The van der Waals surface area contributed by atoms with Crippen molar-refractivity contribution in [3.8, 4) is 0 Å². The van der Waals surface area contributed by atoms with E-state index in [0.717, 1.165) is 18.5 Å². The van der Waals surface area contributed by atoms with E-state index in [1.165, 1.54) is 0 Å². The summed E-state index contributed by atoms with van der Waals surface area (Å²) in [6.07, 6.45) is 1.01. The minimum atomic E-state index is -3.24. The van der Waals surface area contributed by atoms with Gasteiger partial charge in [-0.25, -0.2) is 8.42 Å². The summed E-state index contributed by atoms with van der Waals surface area (Å²) in [7, 11) is -3.24. The van der Waals surface area contributed by atoms with Crippen LogP contribution < -0.4 is 10.0 Å². The number of rotatable bonds is 7. The molecule has 0 aromatic heterocycles. The predicted octanol–water partition coefficient (Wildman–Crippen LogP) is 1.74. The molecule has 1 aromatic carbocycles. The lowest BCUT2D eigenvalue weighted by molar-refractivity contribution is 0.595. The minimum absolute atomic E-state index is 0.0982. The fourth-order valence-corrected chi connectivity index (χ4v) is 2.45. The van der Waals surface area contributed by atoms with Crippen LogP contribution in [0.5, 0.6) is 0 Å². The van der Waals surface area contributed by atoms with Crippen molar-refractivity contribution in [2.24, 2.45) is 0 Å². The van der Waals surface area contributed by atoms with Gasteiger partial charge in [-0.05, 0) is 37.6 Å². The lowest BCUT2D eigenvalue weighted by Gasteiger charge is -2.09. The van der Waals surface area contributed by atoms with Crippen LogP contribution in [0, 0.1) is 6.92 Å². The molecule has 0 saturated heterocycles. The second-order valence-electron chi connectivity index (χ2n) is 4.04. The number of hydrogen-bond acceptors (Lipinski definition) is 3. The van der Waals surface area contributed by atoms with E-state index < -0.39 is 10.0 Å². The normalized spacial score (nSPS) is 11.4. The highest BCUT2D eigenvalue weighted by molar-refractivity contribution is 7.92. The molecule has 0 aliphatic heterocycles. The van der Waals surface area contributed by atoms with Crippen molar-refractivity contribution in [3.05, 3.63) is 29.8 Å². The average Bonchev–Trinajstić information content (AvgIpc) is 2.24.